The van der Waals surface area contributed by atoms with Crippen LogP contribution in [0.1, 0.15) is 52.9 Å². The van der Waals surface area contributed by atoms with Gasteiger partial charge in [0, 0.05) is 5.54 Å². The van der Waals surface area contributed by atoms with Gasteiger partial charge in [-0.1, -0.05) is 26.1 Å². The molecule has 3 nitrogen and oxygen atoms in total. The highest BCUT2D eigenvalue weighted by Crippen LogP contribution is 2.36. The van der Waals surface area contributed by atoms with E-state index in [1.807, 2.05) is 13.8 Å². The molecule has 0 spiro atoms. The number of amides is 1. The van der Waals surface area contributed by atoms with Crippen LogP contribution in [0, 0.1) is 5.41 Å². The highest BCUT2D eigenvalue weighted by atomic mass is 32.1. The molecule has 4 heteroatoms. The minimum Gasteiger partial charge on any atom is -0.392 e. The Hall–Kier alpha value is -0.640. The number of carbonyl (C=O) groups excluding carboxylic acids is 1. The van der Waals surface area contributed by atoms with Gasteiger partial charge >= 0.3 is 0 Å². The van der Waals surface area contributed by atoms with Crippen LogP contribution in [0.5, 0.6) is 0 Å². The molecule has 1 rings (SSSR count). The normalized spacial score (nSPS) is 21.7. The van der Waals surface area contributed by atoms with Gasteiger partial charge in [-0.3, -0.25) is 4.79 Å². The second-order valence-corrected chi connectivity index (χ2v) is 5.43. The van der Waals surface area contributed by atoms with E-state index in [4.69, 9.17) is 18.0 Å². The maximum Gasteiger partial charge on any atom is 0.233 e. The lowest BCUT2D eigenvalue weighted by Crippen LogP contribution is -2.58. The van der Waals surface area contributed by atoms with Gasteiger partial charge in [0.2, 0.25) is 5.91 Å². The van der Waals surface area contributed by atoms with Gasteiger partial charge in [-0.25, -0.2) is 0 Å². The van der Waals surface area contributed by atoms with E-state index in [-0.39, 0.29) is 16.4 Å². The Bertz CT molecular complexity index is 294. The Balaban J connectivity index is 2.73. The fraction of sp³-hybridized carbons (Fsp3) is 0.833. The zero-order valence-electron chi connectivity index (χ0n) is 10.4. The summed E-state index contributed by atoms with van der Waals surface area (Å²) in [5.74, 6) is -0.0101. The number of nitrogens with one attached hydrogen (secondary N) is 1. The number of hydrogen-bond donors (Lipinski definition) is 2. The summed E-state index contributed by atoms with van der Waals surface area (Å²) in [4.78, 5) is 12.5. The first-order chi connectivity index (χ1) is 7.40. The first kappa shape index (κ1) is 13.4. The first-order valence-electron chi connectivity index (χ1n) is 6.03. The van der Waals surface area contributed by atoms with Crippen LogP contribution in [0.25, 0.3) is 0 Å². The minimum absolute atomic E-state index is 0.0101. The monoisotopic (exact) mass is 242 g/mol. The third kappa shape index (κ3) is 2.21. The van der Waals surface area contributed by atoms with Gasteiger partial charge in [-0.2, -0.15) is 0 Å². The Morgan fingerprint density at radius 2 is 2.06 bits per heavy atom. The van der Waals surface area contributed by atoms with Crippen molar-refractivity contribution in [2.75, 3.05) is 0 Å². The van der Waals surface area contributed by atoms with Gasteiger partial charge < -0.3 is 11.1 Å². The Kier molecular flexibility index (Phi) is 3.94. The second kappa shape index (κ2) is 4.70. The minimum atomic E-state index is -0.701. The molecule has 16 heavy (non-hydrogen) atoms. The number of thiocarbonyl (C=S) groups is 1. The zero-order valence-corrected chi connectivity index (χ0v) is 11.2. The number of carbonyl (C=O) groups is 1. The van der Waals surface area contributed by atoms with Gasteiger partial charge in [0.25, 0.3) is 0 Å². The smallest absolute Gasteiger partial charge is 0.233 e. The van der Waals surface area contributed by atoms with Crippen LogP contribution in [0.2, 0.25) is 0 Å². The summed E-state index contributed by atoms with van der Waals surface area (Å²) in [7, 11) is 0. The lowest BCUT2D eigenvalue weighted by Gasteiger charge is -2.44. The topological polar surface area (TPSA) is 55.1 Å². The predicted octanol–water partition coefficient (Wildman–Crippen LogP) is 2.14. The van der Waals surface area contributed by atoms with Crippen molar-refractivity contribution >= 4 is 23.1 Å². The summed E-state index contributed by atoms with van der Waals surface area (Å²) in [6.07, 6.45) is 4.98. The molecular formula is C12H22N2OS. The van der Waals surface area contributed by atoms with Crippen LogP contribution in [-0.2, 0) is 4.79 Å². The van der Waals surface area contributed by atoms with Crippen molar-refractivity contribution in [2.45, 2.75) is 58.4 Å². The summed E-state index contributed by atoms with van der Waals surface area (Å²) in [6, 6.07) is 0. The molecule has 0 aromatic heterocycles. The van der Waals surface area contributed by atoms with E-state index in [2.05, 4.69) is 12.2 Å². The molecule has 1 unspecified atom stereocenters. The van der Waals surface area contributed by atoms with Crippen molar-refractivity contribution in [2.24, 2.45) is 11.1 Å². The maximum absolute atomic E-state index is 12.2. The maximum atomic E-state index is 12.2. The molecule has 0 bridgehead atoms. The average molecular weight is 242 g/mol. The van der Waals surface area contributed by atoms with Crippen LogP contribution in [0.15, 0.2) is 0 Å². The third-order valence-corrected chi connectivity index (χ3v) is 4.57. The van der Waals surface area contributed by atoms with Gasteiger partial charge in [0.1, 0.15) is 0 Å². The predicted molar refractivity (Wildman–Crippen MR) is 70.2 cm³/mol. The molecule has 3 N–H and O–H groups in total. The van der Waals surface area contributed by atoms with Crippen molar-refractivity contribution < 1.29 is 4.79 Å². The van der Waals surface area contributed by atoms with Gasteiger partial charge in [-0.15, -0.1) is 0 Å². The molecule has 1 aliphatic rings. The molecule has 1 atom stereocenters. The highest BCUT2D eigenvalue weighted by Gasteiger charge is 2.42. The van der Waals surface area contributed by atoms with Crippen LogP contribution in [-0.4, -0.2) is 16.4 Å². The SMILES string of the molecule is CCC1(NC(=O)C(C)(CC)C(N)=S)CCC1. The van der Waals surface area contributed by atoms with Crippen LogP contribution < -0.4 is 11.1 Å². The van der Waals surface area contributed by atoms with E-state index >= 15 is 0 Å². The van der Waals surface area contributed by atoms with E-state index in [1.165, 1.54) is 6.42 Å². The van der Waals surface area contributed by atoms with Crippen molar-refractivity contribution in [3.05, 3.63) is 0 Å². The molecule has 1 fully saturated rings. The Morgan fingerprint density at radius 3 is 2.31 bits per heavy atom. The molecule has 1 aliphatic carbocycles. The van der Waals surface area contributed by atoms with Crippen molar-refractivity contribution in [3.63, 3.8) is 0 Å². The molecule has 0 aromatic carbocycles. The van der Waals surface area contributed by atoms with Crippen LogP contribution >= 0.6 is 12.2 Å². The average Bonchev–Trinajstić information content (AvgIpc) is 2.21. The molecule has 0 heterocycles. The number of hydrogen-bond acceptors (Lipinski definition) is 2. The summed E-state index contributed by atoms with van der Waals surface area (Å²) in [5, 5.41) is 3.15. The Morgan fingerprint density at radius 1 is 1.50 bits per heavy atom. The van der Waals surface area contributed by atoms with Crippen molar-refractivity contribution in [3.8, 4) is 0 Å². The van der Waals surface area contributed by atoms with Crippen molar-refractivity contribution in [1.29, 1.82) is 0 Å². The molecule has 0 saturated heterocycles. The summed E-state index contributed by atoms with van der Waals surface area (Å²) in [6.45, 7) is 5.88. The van der Waals surface area contributed by atoms with E-state index in [9.17, 15) is 4.79 Å². The highest BCUT2D eigenvalue weighted by molar-refractivity contribution is 7.80. The fourth-order valence-corrected chi connectivity index (χ4v) is 2.23. The largest absolute Gasteiger partial charge is 0.392 e. The second-order valence-electron chi connectivity index (χ2n) is 4.99. The molecule has 92 valence electrons. The fourth-order valence-electron chi connectivity index (χ4n) is 2.00. The van der Waals surface area contributed by atoms with Gasteiger partial charge in [0.05, 0.1) is 10.4 Å². The molecule has 0 aliphatic heterocycles. The summed E-state index contributed by atoms with van der Waals surface area (Å²) >= 11 is 5.00. The van der Waals surface area contributed by atoms with Crippen molar-refractivity contribution in [1.82, 2.24) is 5.32 Å². The number of rotatable bonds is 5. The third-order valence-electron chi connectivity index (χ3n) is 4.12. The molecule has 1 amide bonds. The standard InChI is InChI=1S/C12H22N2OS/c1-4-11(3,9(13)16)10(15)14-12(5-2)7-6-8-12/h4-8H2,1-3H3,(H2,13,16)(H,14,15). The quantitative estimate of drug-likeness (QED) is 0.726. The van der Waals surface area contributed by atoms with Gasteiger partial charge in [0.15, 0.2) is 0 Å². The summed E-state index contributed by atoms with van der Waals surface area (Å²) < 4.78 is 0. The number of nitrogens with two attached hydrogens (primary N) is 1. The van der Waals surface area contributed by atoms with E-state index in [0.29, 0.717) is 6.42 Å². The molecule has 1 saturated carbocycles. The molecule has 0 aromatic rings. The Labute approximate surface area is 103 Å². The lowest BCUT2D eigenvalue weighted by atomic mass is 9.73. The van der Waals surface area contributed by atoms with Crippen LogP contribution in [0.3, 0.4) is 0 Å². The lowest BCUT2D eigenvalue weighted by molar-refractivity contribution is -0.130. The first-order valence-corrected chi connectivity index (χ1v) is 6.43. The molecular weight excluding hydrogens is 220 g/mol. The summed E-state index contributed by atoms with van der Waals surface area (Å²) in [5.41, 5.74) is 4.98. The van der Waals surface area contributed by atoms with E-state index < -0.39 is 5.41 Å². The zero-order chi connectivity index (χ0) is 12.4. The van der Waals surface area contributed by atoms with E-state index in [0.717, 1.165) is 19.3 Å². The van der Waals surface area contributed by atoms with E-state index in [1.54, 1.807) is 0 Å². The van der Waals surface area contributed by atoms with Crippen LogP contribution in [0.4, 0.5) is 0 Å². The van der Waals surface area contributed by atoms with Gasteiger partial charge in [-0.05, 0) is 39.0 Å². The molecule has 0 radical (unpaired) electrons.